The molecule has 2 aromatic rings. The van der Waals surface area contributed by atoms with E-state index in [1.165, 1.54) is 0 Å². The number of nitrogens with one attached hydrogen (secondary N) is 1. The third-order valence-corrected chi connectivity index (χ3v) is 5.82. The van der Waals surface area contributed by atoms with Gasteiger partial charge < -0.3 is 15.5 Å². The maximum absolute atomic E-state index is 13.1. The third-order valence-electron chi connectivity index (χ3n) is 5.26. The molecule has 0 radical (unpaired) electrons. The molecule has 0 atom stereocenters. The van der Waals surface area contributed by atoms with Gasteiger partial charge in [-0.05, 0) is 12.1 Å². The molecule has 5 nitrogen and oxygen atoms in total. The molecule has 6 heteroatoms. The Morgan fingerprint density at radius 1 is 0.929 bits per heavy atom. The molecule has 0 heterocycles. The standard InChI is InChI=1S/C22H26BrN3O2/c1-26(2,13-5-11-23)14-6-12-25-18-10-9-17(24)19-20(18)22(28)16-8-4-3-7-15(16)21(19)27/h3-4,7-10H,5-6,11-14H2,1-2H3,(H2-,24,25,27,28)/p+1. The fraction of sp³-hybridized carbons (Fsp3) is 0.364. The lowest BCUT2D eigenvalue weighted by atomic mass is 9.82. The van der Waals surface area contributed by atoms with Crippen molar-refractivity contribution in [2.75, 3.05) is 50.1 Å². The van der Waals surface area contributed by atoms with Crippen molar-refractivity contribution in [3.8, 4) is 0 Å². The van der Waals surface area contributed by atoms with Crippen LogP contribution in [0.15, 0.2) is 36.4 Å². The van der Waals surface area contributed by atoms with Gasteiger partial charge in [-0.3, -0.25) is 9.59 Å². The Morgan fingerprint density at radius 3 is 2.18 bits per heavy atom. The molecule has 1 aliphatic rings. The third kappa shape index (κ3) is 4.13. The van der Waals surface area contributed by atoms with Crippen LogP contribution in [0.5, 0.6) is 0 Å². The molecule has 0 aliphatic heterocycles. The second-order valence-corrected chi connectivity index (χ2v) is 8.65. The summed E-state index contributed by atoms with van der Waals surface area (Å²) in [6.07, 6.45) is 2.11. The summed E-state index contributed by atoms with van der Waals surface area (Å²) in [6, 6.07) is 10.4. The van der Waals surface area contributed by atoms with Gasteiger partial charge in [0.25, 0.3) is 0 Å². The topological polar surface area (TPSA) is 72.2 Å². The van der Waals surface area contributed by atoms with E-state index in [2.05, 4.69) is 35.3 Å². The smallest absolute Gasteiger partial charge is 0.196 e. The largest absolute Gasteiger partial charge is 0.398 e. The maximum atomic E-state index is 13.1. The van der Waals surface area contributed by atoms with Gasteiger partial charge in [-0.25, -0.2) is 0 Å². The number of hydrogen-bond donors (Lipinski definition) is 2. The van der Waals surface area contributed by atoms with Gasteiger partial charge in [0.1, 0.15) is 0 Å². The zero-order chi connectivity index (χ0) is 20.3. The van der Waals surface area contributed by atoms with Crippen LogP contribution in [0.1, 0.15) is 44.7 Å². The number of carbonyl (C=O) groups is 2. The van der Waals surface area contributed by atoms with E-state index in [1.54, 1.807) is 36.4 Å². The average Bonchev–Trinajstić information content (AvgIpc) is 2.68. The molecule has 0 aromatic heterocycles. The Morgan fingerprint density at radius 2 is 1.54 bits per heavy atom. The Labute approximate surface area is 174 Å². The van der Waals surface area contributed by atoms with Crippen molar-refractivity contribution < 1.29 is 14.1 Å². The molecular formula is C22H27BrN3O2+. The predicted molar refractivity (Wildman–Crippen MR) is 118 cm³/mol. The van der Waals surface area contributed by atoms with Gasteiger partial charge in [0.2, 0.25) is 0 Å². The lowest BCUT2D eigenvalue weighted by molar-refractivity contribution is -0.890. The zero-order valence-corrected chi connectivity index (χ0v) is 18.0. The molecule has 0 saturated carbocycles. The molecule has 148 valence electrons. The first-order valence-electron chi connectivity index (χ1n) is 9.58. The lowest BCUT2D eigenvalue weighted by Gasteiger charge is -2.30. The summed E-state index contributed by atoms with van der Waals surface area (Å²) in [7, 11) is 4.46. The van der Waals surface area contributed by atoms with Gasteiger partial charge in [0.05, 0.1) is 38.3 Å². The number of nitrogen functional groups attached to an aromatic ring is 1. The van der Waals surface area contributed by atoms with Crippen LogP contribution in [0.3, 0.4) is 0 Å². The first kappa shape index (κ1) is 20.6. The molecule has 0 saturated heterocycles. The molecule has 0 spiro atoms. The van der Waals surface area contributed by atoms with Crippen LogP contribution in [0.2, 0.25) is 0 Å². The second kappa shape index (κ2) is 8.45. The first-order valence-corrected chi connectivity index (χ1v) is 10.7. The van der Waals surface area contributed by atoms with Crippen LogP contribution in [-0.2, 0) is 0 Å². The Balaban J connectivity index is 1.78. The number of nitrogens with zero attached hydrogens (tertiary/aromatic N) is 1. The fourth-order valence-corrected chi connectivity index (χ4v) is 3.98. The molecule has 0 bridgehead atoms. The minimum absolute atomic E-state index is 0.145. The van der Waals surface area contributed by atoms with Gasteiger partial charge in [-0.1, -0.05) is 40.2 Å². The summed E-state index contributed by atoms with van der Waals surface area (Å²) < 4.78 is 0.956. The van der Waals surface area contributed by atoms with E-state index in [1.807, 2.05) is 0 Å². The molecule has 3 N–H and O–H groups in total. The van der Waals surface area contributed by atoms with Crippen LogP contribution in [0, 0.1) is 0 Å². The van der Waals surface area contributed by atoms with Gasteiger partial charge in [0.15, 0.2) is 11.6 Å². The van der Waals surface area contributed by atoms with Gasteiger partial charge in [0, 0.05) is 47.2 Å². The van der Waals surface area contributed by atoms with Crippen LogP contribution in [-0.4, -0.2) is 55.1 Å². The molecule has 3 rings (SSSR count). The molecule has 0 fully saturated rings. The molecular weight excluding hydrogens is 418 g/mol. The number of halogens is 1. The second-order valence-electron chi connectivity index (χ2n) is 7.86. The normalized spacial score (nSPS) is 13.2. The lowest BCUT2D eigenvalue weighted by Crippen LogP contribution is -2.42. The van der Waals surface area contributed by atoms with E-state index >= 15 is 0 Å². The number of carbonyl (C=O) groups excluding carboxylic acids is 2. The molecule has 0 amide bonds. The summed E-state index contributed by atoms with van der Waals surface area (Å²) in [6.45, 7) is 2.88. The van der Waals surface area contributed by atoms with Crippen molar-refractivity contribution >= 4 is 38.9 Å². The van der Waals surface area contributed by atoms with E-state index in [4.69, 9.17) is 5.73 Å². The Kier molecular flexibility index (Phi) is 6.20. The zero-order valence-electron chi connectivity index (χ0n) is 16.4. The summed E-state index contributed by atoms with van der Waals surface area (Å²) >= 11 is 3.49. The molecule has 0 unspecified atom stereocenters. The highest BCUT2D eigenvalue weighted by Crippen LogP contribution is 2.35. The monoisotopic (exact) mass is 444 g/mol. The number of ketones is 2. The number of nitrogens with two attached hydrogens (primary N) is 1. The van der Waals surface area contributed by atoms with Crippen molar-refractivity contribution in [3.05, 3.63) is 58.7 Å². The number of quaternary nitrogens is 1. The number of fused-ring (bicyclic) bond motifs is 2. The van der Waals surface area contributed by atoms with Crippen molar-refractivity contribution in [1.82, 2.24) is 0 Å². The number of benzene rings is 2. The van der Waals surface area contributed by atoms with Crippen LogP contribution in [0.4, 0.5) is 11.4 Å². The summed E-state index contributed by atoms with van der Waals surface area (Å²) in [5, 5.41) is 4.38. The van der Waals surface area contributed by atoms with E-state index in [-0.39, 0.29) is 11.6 Å². The van der Waals surface area contributed by atoms with Crippen LogP contribution >= 0.6 is 15.9 Å². The highest BCUT2D eigenvalue weighted by molar-refractivity contribution is 9.09. The van der Waals surface area contributed by atoms with Crippen LogP contribution in [0.25, 0.3) is 0 Å². The van der Waals surface area contributed by atoms with Gasteiger partial charge >= 0.3 is 0 Å². The summed E-state index contributed by atoms with van der Waals surface area (Å²) in [5.74, 6) is -0.327. The quantitative estimate of drug-likeness (QED) is 0.240. The van der Waals surface area contributed by atoms with E-state index in [9.17, 15) is 9.59 Å². The average molecular weight is 445 g/mol. The highest BCUT2D eigenvalue weighted by atomic mass is 79.9. The minimum Gasteiger partial charge on any atom is -0.398 e. The Hall–Kier alpha value is -2.18. The molecule has 2 aromatic carbocycles. The highest BCUT2D eigenvalue weighted by Gasteiger charge is 2.33. The number of anilines is 2. The minimum atomic E-state index is -0.182. The molecule has 1 aliphatic carbocycles. The van der Waals surface area contributed by atoms with E-state index in [0.29, 0.717) is 33.6 Å². The summed E-state index contributed by atoms with van der Waals surface area (Å²) in [5.41, 5.74) is 8.69. The maximum Gasteiger partial charge on any atom is 0.196 e. The molecule has 28 heavy (non-hydrogen) atoms. The SMILES string of the molecule is C[N+](C)(CCCBr)CCCNc1ccc(N)c2c1C(=O)c1ccccc1C2=O. The number of hydrogen-bond acceptors (Lipinski definition) is 4. The van der Waals surface area contributed by atoms with Crippen molar-refractivity contribution in [1.29, 1.82) is 0 Å². The van der Waals surface area contributed by atoms with Crippen molar-refractivity contribution in [2.24, 2.45) is 0 Å². The Bertz CT molecular complexity index is 909. The van der Waals surface area contributed by atoms with Gasteiger partial charge in [-0.15, -0.1) is 0 Å². The fourth-order valence-electron chi connectivity index (χ4n) is 3.72. The predicted octanol–water partition coefficient (Wildman–Crippen LogP) is 3.71. The van der Waals surface area contributed by atoms with E-state index in [0.717, 1.165) is 42.3 Å². The van der Waals surface area contributed by atoms with Crippen molar-refractivity contribution in [2.45, 2.75) is 12.8 Å². The number of rotatable bonds is 8. The first-order chi connectivity index (χ1) is 13.4. The van der Waals surface area contributed by atoms with E-state index < -0.39 is 0 Å². The van der Waals surface area contributed by atoms with Crippen molar-refractivity contribution in [3.63, 3.8) is 0 Å². The van der Waals surface area contributed by atoms with Crippen LogP contribution < -0.4 is 11.1 Å². The summed E-state index contributed by atoms with van der Waals surface area (Å²) in [4.78, 5) is 26.0. The number of alkyl halides is 1. The van der Waals surface area contributed by atoms with Gasteiger partial charge in [-0.2, -0.15) is 0 Å².